The largest absolute Gasteiger partial charge is 0.293 e. The van der Waals surface area contributed by atoms with Crippen LogP contribution in [0.25, 0.3) is 10.8 Å². The van der Waals surface area contributed by atoms with Crippen LogP contribution in [0.4, 0.5) is 5.69 Å². The molecule has 3 aromatic rings. The lowest BCUT2D eigenvalue weighted by atomic mass is 10.1. The van der Waals surface area contributed by atoms with Crippen LogP contribution in [0.15, 0.2) is 71.6 Å². The summed E-state index contributed by atoms with van der Waals surface area (Å²) in [7, 11) is 0. The van der Waals surface area contributed by atoms with Crippen molar-refractivity contribution in [3.8, 4) is 0 Å². The highest BCUT2D eigenvalue weighted by atomic mass is 32.2. The van der Waals surface area contributed by atoms with E-state index in [1.165, 1.54) is 36.0 Å². The predicted octanol–water partition coefficient (Wildman–Crippen LogP) is 4.72. The first kappa shape index (κ1) is 15.2. The molecule has 0 fully saturated rings. The summed E-state index contributed by atoms with van der Waals surface area (Å²) in [6.45, 7) is 0. The highest BCUT2D eigenvalue weighted by molar-refractivity contribution is 8.00. The molecule has 0 aliphatic heterocycles. The van der Waals surface area contributed by atoms with Crippen LogP contribution >= 0.6 is 11.8 Å². The summed E-state index contributed by atoms with van der Waals surface area (Å²) in [5.74, 6) is 0.254. The monoisotopic (exact) mass is 323 g/mol. The number of hydrogen-bond donors (Lipinski definition) is 0. The molecule has 3 rings (SSSR count). The molecule has 0 aromatic heterocycles. The topological polar surface area (TPSA) is 60.2 Å². The number of carbonyl (C=O) groups is 1. The molecule has 0 aliphatic carbocycles. The van der Waals surface area contributed by atoms with Crippen molar-refractivity contribution < 1.29 is 9.72 Å². The fraction of sp³-hybridized carbons (Fsp3) is 0.0556. The van der Waals surface area contributed by atoms with Gasteiger partial charge in [-0.2, -0.15) is 0 Å². The van der Waals surface area contributed by atoms with Gasteiger partial charge in [-0.05, 0) is 29.0 Å². The van der Waals surface area contributed by atoms with E-state index >= 15 is 0 Å². The maximum absolute atomic E-state index is 12.2. The number of nitro groups is 1. The Labute approximate surface area is 137 Å². The third-order valence-corrected chi connectivity index (χ3v) is 4.58. The number of fused-ring (bicyclic) bond motifs is 1. The summed E-state index contributed by atoms with van der Waals surface area (Å²) < 4.78 is 0. The number of rotatable bonds is 5. The van der Waals surface area contributed by atoms with Crippen LogP contribution in [0.1, 0.15) is 10.4 Å². The van der Waals surface area contributed by atoms with Crippen LogP contribution in [-0.4, -0.2) is 16.5 Å². The molecule has 0 unspecified atom stereocenters. The summed E-state index contributed by atoms with van der Waals surface area (Å²) in [6.07, 6.45) is 0. The van der Waals surface area contributed by atoms with Crippen LogP contribution < -0.4 is 0 Å². The van der Waals surface area contributed by atoms with Gasteiger partial charge in [0.15, 0.2) is 5.78 Å². The second-order valence-corrected chi connectivity index (χ2v) is 6.01. The summed E-state index contributed by atoms with van der Waals surface area (Å²) in [6, 6.07) is 19.8. The Bertz CT molecular complexity index is 870. The summed E-state index contributed by atoms with van der Waals surface area (Å²) in [5.41, 5.74) is 0.478. The SMILES string of the molecule is O=C(CSc1cccc2ccccc12)c1ccc([N+](=O)[O-])cc1. The van der Waals surface area contributed by atoms with Gasteiger partial charge in [0.05, 0.1) is 10.7 Å². The second-order valence-electron chi connectivity index (χ2n) is 4.99. The van der Waals surface area contributed by atoms with Gasteiger partial charge >= 0.3 is 0 Å². The average Bonchev–Trinajstić information content (AvgIpc) is 2.59. The maximum atomic E-state index is 12.2. The van der Waals surface area contributed by atoms with Crippen molar-refractivity contribution in [2.45, 2.75) is 4.90 Å². The highest BCUT2D eigenvalue weighted by Crippen LogP contribution is 2.28. The number of ketones is 1. The number of carbonyl (C=O) groups excluding carboxylic acids is 1. The third kappa shape index (κ3) is 3.40. The van der Waals surface area contributed by atoms with Gasteiger partial charge in [-0.1, -0.05) is 36.4 Å². The van der Waals surface area contributed by atoms with E-state index in [-0.39, 0.29) is 11.5 Å². The predicted molar refractivity (Wildman–Crippen MR) is 92.1 cm³/mol. The van der Waals surface area contributed by atoms with Gasteiger partial charge in [0.1, 0.15) is 0 Å². The van der Waals surface area contributed by atoms with E-state index in [2.05, 4.69) is 0 Å². The first-order chi connectivity index (χ1) is 11.1. The fourth-order valence-electron chi connectivity index (χ4n) is 2.32. The maximum Gasteiger partial charge on any atom is 0.269 e. The number of thioether (sulfide) groups is 1. The van der Waals surface area contributed by atoms with Gasteiger partial charge in [0.25, 0.3) is 5.69 Å². The highest BCUT2D eigenvalue weighted by Gasteiger charge is 2.11. The first-order valence-corrected chi connectivity index (χ1v) is 8.02. The first-order valence-electron chi connectivity index (χ1n) is 7.03. The molecule has 0 N–H and O–H groups in total. The minimum atomic E-state index is -0.473. The van der Waals surface area contributed by atoms with Crippen LogP contribution in [0.5, 0.6) is 0 Å². The van der Waals surface area contributed by atoms with E-state index in [4.69, 9.17) is 0 Å². The quantitative estimate of drug-likeness (QED) is 0.295. The van der Waals surface area contributed by atoms with Crippen molar-refractivity contribution in [1.82, 2.24) is 0 Å². The molecule has 0 aliphatic rings. The van der Waals surface area contributed by atoms with E-state index in [9.17, 15) is 14.9 Å². The molecular weight excluding hydrogens is 310 g/mol. The van der Waals surface area contributed by atoms with Gasteiger partial charge < -0.3 is 0 Å². The summed E-state index contributed by atoms with van der Waals surface area (Å²) in [5, 5.41) is 12.9. The summed E-state index contributed by atoms with van der Waals surface area (Å²) in [4.78, 5) is 23.5. The van der Waals surface area contributed by atoms with Crippen molar-refractivity contribution in [3.05, 3.63) is 82.4 Å². The molecule has 5 heteroatoms. The van der Waals surface area contributed by atoms with E-state index in [1.807, 2.05) is 42.5 Å². The Kier molecular flexibility index (Phi) is 4.39. The summed E-state index contributed by atoms with van der Waals surface area (Å²) >= 11 is 1.48. The Morgan fingerprint density at radius 3 is 2.39 bits per heavy atom. The van der Waals surface area contributed by atoms with Gasteiger partial charge in [-0.25, -0.2) is 0 Å². The molecule has 0 spiro atoms. The molecule has 0 atom stereocenters. The van der Waals surface area contributed by atoms with Crippen LogP contribution in [0, 0.1) is 10.1 Å². The standard InChI is InChI=1S/C18H13NO3S/c20-17(14-8-10-15(11-9-14)19(21)22)12-23-18-7-3-5-13-4-1-2-6-16(13)18/h1-11H,12H2. The number of hydrogen-bond acceptors (Lipinski definition) is 4. The number of benzene rings is 3. The van der Waals surface area contributed by atoms with Crippen molar-refractivity contribution in [3.63, 3.8) is 0 Å². The smallest absolute Gasteiger partial charge is 0.269 e. The number of nitrogens with zero attached hydrogens (tertiary/aromatic N) is 1. The van der Waals surface area contributed by atoms with Crippen LogP contribution in [-0.2, 0) is 0 Å². The number of non-ortho nitro benzene ring substituents is 1. The van der Waals surface area contributed by atoms with E-state index in [0.717, 1.165) is 15.7 Å². The van der Waals surface area contributed by atoms with E-state index < -0.39 is 4.92 Å². The van der Waals surface area contributed by atoms with Crippen molar-refractivity contribution in [2.24, 2.45) is 0 Å². The zero-order valence-corrected chi connectivity index (χ0v) is 13.0. The van der Waals surface area contributed by atoms with Crippen LogP contribution in [0.2, 0.25) is 0 Å². The molecule has 0 saturated heterocycles. The molecule has 4 nitrogen and oxygen atoms in total. The molecule has 0 heterocycles. The Morgan fingerprint density at radius 2 is 1.65 bits per heavy atom. The fourth-order valence-corrected chi connectivity index (χ4v) is 3.29. The molecule has 23 heavy (non-hydrogen) atoms. The average molecular weight is 323 g/mol. The zero-order chi connectivity index (χ0) is 16.2. The van der Waals surface area contributed by atoms with E-state index in [0.29, 0.717) is 11.3 Å². The lowest BCUT2D eigenvalue weighted by Crippen LogP contribution is -2.02. The molecule has 3 aromatic carbocycles. The molecular formula is C18H13NO3S. The minimum Gasteiger partial charge on any atom is -0.293 e. The second kappa shape index (κ2) is 6.62. The van der Waals surface area contributed by atoms with Gasteiger partial charge in [-0.15, -0.1) is 11.8 Å². The lowest BCUT2D eigenvalue weighted by Gasteiger charge is -2.06. The molecule has 0 bridgehead atoms. The van der Waals surface area contributed by atoms with E-state index in [1.54, 1.807) is 0 Å². The van der Waals surface area contributed by atoms with Crippen LogP contribution in [0.3, 0.4) is 0 Å². The van der Waals surface area contributed by atoms with Crippen molar-refractivity contribution in [2.75, 3.05) is 5.75 Å². The number of Topliss-reactive ketones (excluding diaryl/α,β-unsaturated/α-hetero) is 1. The normalized spacial score (nSPS) is 10.6. The lowest BCUT2D eigenvalue weighted by molar-refractivity contribution is -0.384. The molecule has 0 saturated carbocycles. The Hall–Kier alpha value is -2.66. The number of nitro benzene ring substituents is 1. The molecule has 114 valence electrons. The molecule has 0 radical (unpaired) electrons. The van der Waals surface area contributed by atoms with Crippen molar-refractivity contribution in [1.29, 1.82) is 0 Å². The van der Waals surface area contributed by atoms with Gasteiger partial charge in [0.2, 0.25) is 0 Å². The molecule has 0 amide bonds. The zero-order valence-electron chi connectivity index (χ0n) is 12.1. The third-order valence-electron chi connectivity index (χ3n) is 3.51. The minimum absolute atomic E-state index is 0.0109. The Balaban J connectivity index is 1.74. The van der Waals surface area contributed by atoms with Crippen molar-refractivity contribution >= 4 is 34.0 Å². The van der Waals surface area contributed by atoms with Gasteiger partial charge in [-0.3, -0.25) is 14.9 Å². The van der Waals surface area contributed by atoms with Gasteiger partial charge in [0, 0.05) is 22.6 Å². The Morgan fingerprint density at radius 1 is 0.957 bits per heavy atom.